The topological polar surface area (TPSA) is 50.7 Å². The highest BCUT2D eigenvalue weighted by Crippen LogP contribution is 2.33. The van der Waals surface area contributed by atoms with Crippen molar-refractivity contribution in [3.63, 3.8) is 0 Å². The van der Waals surface area contributed by atoms with Crippen LogP contribution in [0.2, 0.25) is 0 Å². The number of methoxy groups -OCH3 is 2. The predicted octanol–water partition coefficient (Wildman–Crippen LogP) is 2.13. The van der Waals surface area contributed by atoms with E-state index in [9.17, 15) is 5.11 Å². The highest BCUT2D eigenvalue weighted by molar-refractivity contribution is 5.42. The van der Waals surface area contributed by atoms with Crippen LogP contribution in [0.3, 0.4) is 0 Å². The molecule has 0 bridgehead atoms. The smallest absolute Gasteiger partial charge is 0.128 e. The molecule has 1 aromatic rings. The van der Waals surface area contributed by atoms with Crippen LogP contribution in [0.4, 0.5) is 0 Å². The molecule has 1 aliphatic heterocycles. The fraction of sp³-hybridized carbons (Fsp3) is 0.600. The molecule has 1 saturated heterocycles. The van der Waals surface area contributed by atoms with Gasteiger partial charge in [0.1, 0.15) is 11.5 Å². The first-order valence-corrected chi connectivity index (χ1v) is 6.79. The summed E-state index contributed by atoms with van der Waals surface area (Å²) in [5.41, 5.74) is 0.815. The Bertz CT molecular complexity index is 422. The summed E-state index contributed by atoms with van der Waals surface area (Å²) in [5, 5.41) is 13.9. The van der Waals surface area contributed by atoms with Crippen molar-refractivity contribution in [1.29, 1.82) is 0 Å². The van der Waals surface area contributed by atoms with E-state index in [1.807, 2.05) is 18.2 Å². The number of hydrogen-bond acceptors (Lipinski definition) is 4. The predicted molar refractivity (Wildman–Crippen MR) is 74.7 cm³/mol. The summed E-state index contributed by atoms with van der Waals surface area (Å²) in [6.45, 7) is 3.19. The van der Waals surface area contributed by atoms with Crippen LogP contribution < -0.4 is 14.8 Å². The number of aliphatic hydroxyl groups excluding tert-OH is 1. The molecule has 1 aromatic carbocycles. The van der Waals surface area contributed by atoms with Crippen molar-refractivity contribution < 1.29 is 14.6 Å². The molecule has 0 aromatic heterocycles. The molecule has 2 rings (SSSR count). The molecule has 0 spiro atoms. The minimum atomic E-state index is -0.552. The lowest BCUT2D eigenvalue weighted by atomic mass is 9.88. The minimum absolute atomic E-state index is 0.0889. The molecular weight excluding hydrogens is 242 g/mol. The molecular formula is C15H23NO3. The average molecular weight is 265 g/mol. The fourth-order valence-electron chi connectivity index (χ4n) is 2.67. The number of hydrogen-bond donors (Lipinski definition) is 2. The van der Waals surface area contributed by atoms with Crippen LogP contribution in [-0.4, -0.2) is 31.9 Å². The Labute approximate surface area is 114 Å². The highest BCUT2D eigenvalue weighted by atomic mass is 16.5. The summed E-state index contributed by atoms with van der Waals surface area (Å²) >= 11 is 0. The van der Waals surface area contributed by atoms with E-state index in [0.29, 0.717) is 11.7 Å². The molecule has 2 N–H and O–H groups in total. The van der Waals surface area contributed by atoms with Crippen molar-refractivity contribution in [3.05, 3.63) is 23.8 Å². The molecule has 1 fully saturated rings. The zero-order valence-electron chi connectivity index (χ0n) is 11.8. The molecule has 19 heavy (non-hydrogen) atoms. The van der Waals surface area contributed by atoms with Gasteiger partial charge < -0.3 is 19.9 Å². The normalized spacial score (nSPS) is 24.8. The SMILES string of the molecule is COc1ccc(C(O)C2CC(C)CCN2)c(OC)c1. The zero-order chi connectivity index (χ0) is 13.8. The fourth-order valence-corrected chi connectivity index (χ4v) is 2.67. The highest BCUT2D eigenvalue weighted by Gasteiger charge is 2.27. The van der Waals surface area contributed by atoms with E-state index in [4.69, 9.17) is 9.47 Å². The van der Waals surface area contributed by atoms with E-state index >= 15 is 0 Å². The summed E-state index contributed by atoms with van der Waals surface area (Å²) < 4.78 is 10.5. The van der Waals surface area contributed by atoms with E-state index in [2.05, 4.69) is 12.2 Å². The Morgan fingerprint density at radius 3 is 2.74 bits per heavy atom. The third kappa shape index (κ3) is 3.19. The maximum atomic E-state index is 10.6. The van der Waals surface area contributed by atoms with Crippen LogP contribution in [-0.2, 0) is 0 Å². The quantitative estimate of drug-likeness (QED) is 0.875. The molecule has 4 nitrogen and oxygen atoms in total. The van der Waals surface area contributed by atoms with Crippen molar-refractivity contribution >= 4 is 0 Å². The molecule has 0 aliphatic carbocycles. The summed E-state index contributed by atoms with van der Waals surface area (Å²) in [6.07, 6.45) is 1.60. The van der Waals surface area contributed by atoms with Crippen LogP contribution in [0.15, 0.2) is 18.2 Å². The van der Waals surface area contributed by atoms with Crippen LogP contribution in [0, 0.1) is 5.92 Å². The van der Waals surface area contributed by atoms with Gasteiger partial charge in [-0.25, -0.2) is 0 Å². The summed E-state index contributed by atoms with van der Waals surface area (Å²) in [4.78, 5) is 0. The number of benzene rings is 1. The first-order valence-electron chi connectivity index (χ1n) is 6.79. The van der Waals surface area contributed by atoms with Gasteiger partial charge >= 0.3 is 0 Å². The van der Waals surface area contributed by atoms with Gasteiger partial charge in [-0.2, -0.15) is 0 Å². The Hall–Kier alpha value is -1.26. The van der Waals surface area contributed by atoms with Gasteiger partial charge in [-0.3, -0.25) is 0 Å². The molecule has 0 saturated carbocycles. The third-order valence-electron chi connectivity index (χ3n) is 3.84. The lowest BCUT2D eigenvalue weighted by molar-refractivity contribution is 0.0988. The van der Waals surface area contributed by atoms with Crippen molar-refractivity contribution in [1.82, 2.24) is 5.32 Å². The van der Waals surface area contributed by atoms with Gasteiger partial charge in [0.25, 0.3) is 0 Å². The molecule has 106 valence electrons. The molecule has 1 aliphatic rings. The second kappa shape index (κ2) is 6.26. The Kier molecular flexibility index (Phi) is 4.66. The Morgan fingerprint density at radius 1 is 1.32 bits per heavy atom. The first kappa shape index (κ1) is 14.2. The molecule has 3 unspecified atom stereocenters. The molecule has 1 heterocycles. The number of nitrogens with one attached hydrogen (secondary N) is 1. The maximum absolute atomic E-state index is 10.6. The van der Waals surface area contributed by atoms with Gasteiger partial charge in [0.15, 0.2) is 0 Å². The second-order valence-corrected chi connectivity index (χ2v) is 5.24. The number of rotatable bonds is 4. The second-order valence-electron chi connectivity index (χ2n) is 5.24. The van der Waals surface area contributed by atoms with Gasteiger partial charge in [-0.15, -0.1) is 0 Å². The lowest BCUT2D eigenvalue weighted by Crippen LogP contribution is -2.41. The monoisotopic (exact) mass is 265 g/mol. The molecule has 3 atom stereocenters. The maximum Gasteiger partial charge on any atom is 0.128 e. The van der Waals surface area contributed by atoms with Crippen LogP contribution in [0.25, 0.3) is 0 Å². The zero-order valence-corrected chi connectivity index (χ0v) is 11.8. The van der Waals surface area contributed by atoms with E-state index in [0.717, 1.165) is 24.3 Å². The van der Waals surface area contributed by atoms with Crippen molar-refractivity contribution in [2.24, 2.45) is 5.92 Å². The first-order chi connectivity index (χ1) is 9.15. The largest absolute Gasteiger partial charge is 0.497 e. The number of aliphatic hydroxyl groups is 1. The molecule has 4 heteroatoms. The minimum Gasteiger partial charge on any atom is -0.497 e. The van der Waals surface area contributed by atoms with Crippen molar-refractivity contribution in [2.45, 2.75) is 31.9 Å². The van der Waals surface area contributed by atoms with Gasteiger partial charge in [0.05, 0.1) is 20.3 Å². The number of ether oxygens (including phenoxy) is 2. The average Bonchev–Trinajstić information content (AvgIpc) is 2.45. The van der Waals surface area contributed by atoms with E-state index < -0.39 is 6.10 Å². The van der Waals surface area contributed by atoms with Gasteiger partial charge in [-0.1, -0.05) is 6.92 Å². The summed E-state index contributed by atoms with van der Waals surface area (Å²) in [7, 11) is 3.23. The van der Waals surface area contributed by atoms with Crippen LogP contribution in [0.5, 0.6) is 11.5 Å². The van der Waals surface area contributed by atoms with Gasteiger partial charge in [0, 0.05) is 17.7 Å². The van der Waals surface area contributed by atoms with Gasteiger partial charge in [-0.05, 0) is 37.4 Å². The Balaban J connectivity index is 2.20. The van der Waals surface area contributed by atoms with Crippen LogP contribution >= 0.6 is 0 Å². The summed E-state index contributed by atoms with van der Waals surface area (Å²) in [6, 6.07) is 5.63. The molecule has 0 radical (unpaired) electrons. The van der Waals surface area contributed by atoms with Crippen molar-refractivity contribution in [2.75, 3.05) is 20.8 Å². The van der Waals surface area contributed by atoms with E-state index in [-0.39, 0.29) is 6.04 Å². The van der Waals surface area contributed by atoms with Gasteiger partial charge in [0.2, 0.25) is 0 Å². The van der Waals surface area contributed by atoms with Crippen molar-refractivity contribution in [3.8, 4) is 11.5 Å². The standard InChI is InChI=1S/C15H23NO3/c1-10-6-7-16-13(8-10)15(17)12-5-4-11(18-2)9-14(12)19-3/h4-5,9-10,13,15-17H,6-8H2,1-3H3. The van der Waals surface area contributed by atoms with E-state index in [1.54, 1.807) is 14.2 Å². The summed E-state index contributed by atoms with van der Waals surface area (Å²) in [5.74, 6) is 2.05. The van der Waals surface area contributed by atoms with E-state index in [1.165, 1.54) is 6.42 Å². The van der Waals surface area contributed by atoms with Crippen LogP contribution in [0.1, 0.15) is 31.4 Å². The number of piperidine rings is 1. The lowest BCUT2D eigenvalue weighted by Gasteiger charge is -2.32. The Morgan fingerprint density at radius 2 is 2.11 bits per heavy atom. The molecule has 0 amide bonds. The third-order valence-corrected chi connectivity index (χ3v) is 3.84.